The summed E-state index contributed by atoms with van der Waals surface area (Å²) in [7, 11) is 2.12. The van der Waals surface area contributed by atoms with Gasteiger partial charge >= 0.3 is 0 Å². The van der Waals surface area contributed by atoms with Crippen molar-refractivity contribution < 1.29 is 0 Å². The Morgan fingerprint density at radius 2 is 1.95 bits per heavy atom. The highest BCUT2D eigenvalue weighted by Gasteiger charge is 2.18. The lowest BCUT2D eigenvalue weighted by Crippen LogP contribution is -2.36. The first-order valence-corrected chi connectivity index (χ1v) is 7.76. The Morgan fingerprint density at radius 3 is 2.60 bits per heavy atom. The first-order chi connectivity index (χ1) is 9.50. The SMILES string of the molecule is CN(Cc1csc(-c2ccccc2)n1)CC(C)(C)CN. The van der Waals surface area contributed by atoms with Crippen molar-refractivity contribution in [1.29, 1.82) is 0 Å². The van der Waals surface area contributed by atoms with Crippen LogP contribution in [-0.2, 0) is 6.54 Å². The van der Waals surface area contributed by atoms with Crippen LogP contribution < -0.4 is 5.73 Å². The zero-order valence-electron chi connectivity index (χ0n) is 12.5. The van der Waals surface area contributed by atoms with Gasteiger partial charge in [0.2, 0.25) is 0 Å². The van der Waals surface area contributed by atoms with Crippen LogP contribution >= 0.6 is 11.3 Å². The molecule has 108 valence electrons. The molecule has 2 rings (SSSR count). The van der Waals surface area contributed by atoms with Gasteiger partial charge in [-0.25, -0.2) is 4.98 Å². The van der Waals surface area contributed by atoms with Crippen LogP contribution in [0.2, 0.25) is 0 Å². The topological polar surface area (TPSA) is 42.2 Å². The minimum absolute atomic E-state index is 0.146. The van der Waals surface area contributed by atoms with E-state index in [0.29, 0.717) is 6.54 Å². The third-order valence-corrected chi connectivity index (χ3v) is 4.20. The molecule has 1 heterocycles. The highest BCUT2D eigenvalue weighted by molar-refractivity contribution is 7.13. The molecule has 0 aliphatic rings. The molecule has 0 atom stereocenters. The molecule has 4 heteroatoms. The number of benzene rings is 1. The molecule has 0 saturated carbocycles. The summed E-state index contributed by atoms with van der Waals surface area (Å²) in [6, 6.07) is 10.3. The highest BCUT2D eigenvalue weighted by atomic mass is 32.1. The Kier molecular flexibility index (Phi) is 4.91. The molecule has 0 unspecified atom stereocenters. The molecule has 0 saturated heterocycles. The Bertz CT molecular complexity index is 534. The first kappa shape index (κ1) is 15.2. The predicted molar refractivity (Wildman–Crippen MR) is 86.7 cm³/mol. The van der Waals surface area contributed by atoms with Gasteiger partial charge < -0.3 is 5.73 Å². The standard InChI is InChI=1S/C16H23N3S/c1-16(2,11-17)12-19(3)9-14-10-20-15(18-14)13-7-5-4-6-8-13/h4-8,10H,9,11-12,17H2,1-3H3. The summed E-state index contributed by atoms with van der Waals surface area (Å²) in [6.07, 6.45) is 0. The normalized spacial score (nSPS) is 12.1. The van der Waals surface area contributed by atoms with Crippen molar-refractivity contribution in [3.8, 4) is 10.6 Å². The second-order valence-electron chi connectivity index (χ2n) is 6.05. The van der Waals surface area contributed by atoms with Gasteiger partial charge in [-0.15, -0.1) is 11.3 Å². The number of nitrogens with two attached hydrogens (primary N) is 1. The quantitative estimate of drug-likeness (QED) is 0.888. The summed E-state index contributed by atoms with van der Waals surface area (Å²) < 4.78 is 0. The maximum Gasteiger partial charge on any atom is 0.123 e. The Hall–Kier alpha value is -1.23. The van der Waals surface area contributed by atoms with E-state index < -0.39 is 0 Å². The van der Waals surface area contributed by atoms with Crippen LogP contribution in [0.1, 0.15) is 19.5 Å². The Balaban J connectivity index is 2.00. The highest BCUT2D eigenvalue weighted by Crippen LogP contribution is 2.24. The summed E-state index contributed by atoms with van der Waals surface area (Å²) >= 11 is 1.71. The summed E-state index contributed by atoms with van der Waals surface area (Å²) in [5.41, 5.74) is 8.25. The van der Waals surface area contributed by atoms with Crippen molar-refractivity contribution in [1.82, 2.24) is 9.88 Å². The lowest BCUT2D eigenvalue weighted by atomic mass is 9.93. The van der Waals surface area contributed by atoms with E-state index in [1.807, 2.05) is 18.2 Å². The van der Waals surface area contributed by atoms with Crippen molar-refractivity contribution in [2.24, 2.45) is 11.1 Å². The fourth-order valence-corrected chi connectivity index (χ4v) is 3.04. The fourth-order valence-electron chi connectivity index (χ4n) is 2.22. The maximum absolute atomic E-state index is 5.79. The summed E-state index contributed by atoms with van der Waals surface area (Å²) in [5, 5.41) is 3.24. The number of hydrogen-bond acceptors (Lipinski definition) is 4. The number of rotatable bonds is 6. The second kappa shape index (κ2) is 6.48. The second-order valence-corrected chi connectivity index (χ2v) is 6.91. The van der Waals surface area contributed by atoms with E-state index in [2.05, 4.69) is 43.3 Å². The molecule has 1 aromatic carbocycles. The molecule has 1 aromatic heterocycles. The average Bonchev–Trinajstić information content (AvgIpc) is 2.87. The molecule has 0 amide bonds. The zero-order valence-corrected chi connectivity index (χ0v) is 13.3. The number of hydrogen-bond donors (Lipinski definition) is 1. The van der Waals surface area contributed by atoms with Gasteiger partial charge in [-0.05, 0) is 19.0 Å². The first-order valence-electron chi connectivity index (χ1n) is 6.88. The lowest BCUT2D eigenvalue weighted by Gasteiger charge is -2.28. The van der Waals surface area contributed by atoms with E-state index >= 15 is 0 Å². The van der Waals surface area contributed by atoms with Crippen LogP contribution in [0.25, 0.3) is 10.6 Å². The van der Waals surface area contributed by atoms with Gasteiger partial charge in [-0.2, -0.15) is 0 Å². The third-order valence-electron chi connectivity index (χ3n) is 3.25. The molecule has 0 aliphatic carbocycles. The van der Waals surface area contributed by atoms with Crippen molar-refractivity contribution in [3.63, 3.8) is 0 Å². The minimum atomic E-state index is 0.146. The number of aromatic nitrogens is 1. The van der Waals surface area contributed by atoms with Gasteiger partial charge in [0.1, 0.15) is 5.01 Å². The van der Waals surface area contributed by atoms with Gasteiger partial charge in [0.15, 0.2) is 0 Å². The van der Waals surface area contributed by atoms with Crippen LogP contribution in [-0.4, -0.2) is 30.0 Å². The third kappa shape index (κ3) is 4.13. The Morgan fingerprint density at radius 1 is 1.25 bits per heavy atom. The fraction of sp³-hybridized carbons (Fsp3) is 0.438. The van der Waals surface area contributed by atoms with Crippen molar-refractivity contribution in [2.45, 2.75) is 20.4 Å². The smallest absolute Gasteiger partial charge is 0.123 e. The molecular weight excluding hydrogens is 266 g/mol. The van der Waals surface area contributed by atoms with Crippen LogP contribution in [0.3, 0.4) is 0 Å². The van der Waals surface area contributed by atoms with Gasteiger partial charge in [0, 0.05) is 24.0 Å². The molecule has 0 fully saturated rings. The van der Waals surface area contributed by atoms with Gasteiger partial charge in [0.25, 0.3) is 0 Å². The molecule has 2 aromatic rings. The van der Waals surface area contributed by atoms with Crippen LogP contribution in [0.5, 0.6) is 0 Å². The van der Waals surface area contributed by atoms with Crippen molar-refractivity contribution in [2.75, 3.05) is 20.1 Å². The maximum atomic E-state index is 5.79. The van der Waals surface area contributed by atoms with E-state index in [9.17, 15) is 0 Å². The van der Waals surface area contributed by atoms with Crippen LogP contribution in [0.4, 0.5) is 0 Å². The van der Waals surface area contributed by atoms with Crippen molar-refractivity contribution >= 4 is 11.3 Å². The Labute approximate surface area is 125 Å². The lowest BCUT2D eigenvalue weighted by molar-refractivity contribution is 0.208. The van der Waals surface area contributed by atoms with E-state index in [1.165, 1.54) is 5.56 Å². The monoisotopic (exact) mass is 289 g/mol. The molecular formula is C16H23N3S. The van der Waals surface area contributed by atoms with E-state index in [1.54, 1.807) is 11.3 Å². The van der Waals surface area contributed by atoms with Crippen LogP contribution in [0.15, 0.2) is 35.7 Å². The van der Waals surface area contributed by atoms with Gasteiger partial charge in [0.05, 0.1) is 5.69 Å². The molecule has 20 heavy (non-hydrogen) atoms. The minimum Gasteiger partial charge on any atom is -0.330 e. The van der Waals surface area contributed by atoms with Gasteiger partial charge in [-0.1, -0.05) is 44.2 Å². The summed E-state index contributed by atoms with van der Waals surface area (Å²) in [6.45, 7) is 6.93. The molecule has 0 radical (unpaired) electrons. The molecule has 0 aliphatic heterocycles. The van der Waals surface area contributed by atoms with Crippen molar-refractivity contribution in [3.05, 3.63) is 41.4 Å². The number of thiazole rings is 1. The molecule has 2 N–H and O–H groups in total. The van der Waals surface area contributed by atoms with E-state index in [0.717, 1.165) is 23.8 Å². The molecule has 0 bridgehead atoms. The van der Waals surface area contributed by atoms with E-state index in [4.69, 9.17) is 10.7 Å². The van der Waals surface area contributed by atoms with Gasteiger partial charge in [-0.3, -0.25) is 4.90 Å². The average molecular weight is 289 g/mol. The molecule has 0 spiro atoms. The molecule has 3 nitrogen and oxygen atoms in total. The summed E-state index contributed by atoms with van der Waals surface area (Å²) in [4.78, 5) is 7.01. The van der Waals surface area contributed by atoms with E-state index in [-0.39, 0.29) is 5.41 Å². The number of nitrogens with zero attached hydrogens (tertiary/aromatic N) is 2. The summed E-state index contributed by atoms with van der Waals surface area (Å²) in [5.74, 6) is 0. The predicted octanol–water partition coefficient (Wildman–Crippen LogP) is 3.23. The largest absolute Gasteiger partial charge is 0.330 e. The zero-order chi connectivity index (χ0) is 14.6. The van der Waals surface area contributed by atoms with Crippen LogP contribution in [0, 0.1) is 5.41 Å².